The fourth-order valence-electron chi connectivity index (χ4n) is 3.09. The minimum atomic E-state index is 0. The zero-order valence-electron chi connectivity index (χ0n) is 14.6. The Kier molecular flexibility index (Phi) is 8.52. The fraction of sp³-hybridized carbons (Fsp3) is 0.647. The summed E-state index contributed by atoms with van der Waals surface area (Å²) >= 11 is 0. The van der Waals surface area contributed by atoms with E-state index in [-0.39, 0.29) is 12.4 Å². The summed E-state index contributed by atoms with van der Waals surface area (Å²) in [6, 6.07) is 4.69. The quantitative estimate of drug-likeness (QED) is 0.859. The first kappa shape index (κ1) is 19.9. The van der Waals surface area contributed by atoms with Crippen LogP contribution in [0.2, 0.25) is 0 Å². The molecule has 1 fully saturated rings. The highest BCUT2D eigenvalue weighted by Crippen LogP contribution is 2.38. The number of methoxy groups -OCH3 is 3. The van der Waals surface area contributed by atoms with Crippen molar-refractivity contribution >= 4 is 12.4 Å². The first-order valence-corrected chi connectivity index (χ1v) is 7.89. The molecule has 0 spiro atoms. The van der Waals surface area contributed by atoms with E-state index in [1.807, 2.05) is 12.1 Å². The number of benzene rings is 1. The Morgan fingerprint density at radius 2 is 1.70 bits per heavy atom. The summed E-state index contributed by atoms with van der Waals surface area (Å²) in [4.78, 5) is 2.42. The van der Waals surface area contributed by atoms with Crippen molar-refractivity contribution in [2.75, 3.05) is 41.5 Å². The number of ether oxygens (including phenoxy) is 3. The van der Waals surface area contributed by atoms with Crippen LogP contribution in [-0.2, 0) is 6.54 Å². The van der Waals surface area contributed by atoms with E-state index in [9.17, 15) is 0 Å². The van der Waals surface area contributed by atoms with E-state index in [0.717, 1.165) is 19.6 Å². The molecule has 1 heterocycles. The topological polar surface area (TPSA) is 43.0 Å². The summed E-state index contributed by atoms with van der Waals surface area (Å²) in [5.74, 6) is 2.08. The lowest BCUT2D eigenvalue weighted by atomic mass is 10.1. The third kappa shape index (κ3) is 5.16. The number of nitrogens with zero attached hydrogens (tertiary/aromatic N) is 1. The van der Waals surface area contributed by atoms with E-state index >= 15 is 0 Å². The maximum absolute atomic E-state index is 5.43. The van der Waals surface area contributed by atoms with Gasteiger partial charge in [0.2, 0.25) is 5.75 Å². The van der Waals surface area contributed by atoms with Gasteiger partial charge in [0.25, 0.3) is 0 Å². The van der Waals surface area contributed by atoms with Gasteiger partial charge in [-0.1, -0.05) is 0 Å². The van der Waals surface area contributed by atoms with E-state index < -0.39 is 0 Å². The number of nitrogens with one attached hydrogen (secondary N) is 1. The van der Waals surface area contributed by atoms with Crippen molar-refractivity contribution in [1.82, 2.24) is 10.2 Å². The third-order valence-corrected chi connectivity index (χ3v) is 4.33. The molecule has 0 aromatic heterocycles. The van der Waals surface area contributed by atoms with Crippen LogP contribution in [0.1, 0.15) is 24.8 Å². The molecule has 0 radical (unpaired) electrons. The second kappa shape index (κ2) is 9.85. The van der Waals surface area contributed by atoms with Gasteiger partial charge in [-0.15, -0.1) is 12.4 Å². The van der Waals surface area contributed by atoms with Crippen LogP contribution in [-0.4, -0.2) is 52.4 Å². The van der Waals surface area contributed by atoms with Crippen LogP contribution in [0.3, 0.4) is 0 Å². The van der Waals surface area contributed by atoms with Gasteiger partial charge in [-0.05, 0) is 57.1 Å². The summed E-state index contributed by atoms with van der Waals surface area (Å²) in [6.45, 7) is 3.11. The van der Waals surface area contributed by atoms with Gasteiger partial charge in [0.15, 0.2) is 11.5 Å². The van der Waals surface area contributed by atoms with Crippen molar-refractivity contribution < 1.29 is 14.2 Å². The van der Waals surface area contributed by atoms with Crippen LogP contribution in [0.4, 0.5) is 0 Å². The number of halogens is 1. The average Bonchev–Trinajstić information content (AvgIpc) is 2.83. The van der Waals surface area contributed by atoms with Crippen molar-refractivity contribution in [3.63, 3.8) is 0 Å². The minimum Gasteiger partial charge on any atom is -0.493 e. The van der Waals surface area contributed by atoms with Gasteiger partial charge in [-0.3, -0.25) is 4.90 Å². The Hall–Kier alpha value is -1.17. The first-order chi connectivity index (χ1) is 10.7. The zero-order chi connectivity index (χ0) is 15.9. The standard InChI is InChI=1S/C17H28N2O3.ClH/c1-19(14-6-5-8-18-9-7-14)12-13-10-15(20-2)17(22-4)16(11-13)21-3;/h10-11,14,18H,5-9,12H2,1-4H3;1H. The molecule has 5 nitrogen and oxygen atoms in total. The van der Waals surface area contributed by atoms with Crippen LogP contribution in [0, 0.1) is 0 Å². The Bertz CT molecular complexity index is 452. The summed E-state index contributed by atoms with van der Waals surface area (Å²) < 4.78 is 16.2. The molecule has 1 atom stereocenters. The molecule has 1 unspecified atom stereocenters. The second-order valence-corrected chi connectivity index (χ2v) is 5.78. The lowest BCUT2D eigenvalue weighted by Crippen LogP contribution is -2.32. The van der Waals surface area contributed by atoms with Crippen LogP contribution >= 0.6 is 12.4 Å². The van der Waals surface area contributed by atoms with E-state index in [0.29, 0.717) is 23.3 Å². The third-order valence-electron chi connectivity index (χ3n) is 4.33. The van der Waals surface area contributed by atoms with Crippen LogP contribution < -0.4 is 19.5 Å². The van der Waals surface area contributed by atoms with Gasteiger partial charge >= 0.3 is 0 Å². The highest BCUT2D eigenvalue weighted by molar-refractivity contribution is 5.85. The average molecular weight is 345 g/mol. The molecule has 0 aliphatic carbocycles. The second-order valence-electron chi connectivity index (χ2n) is 5.78. The van der Waals surface area contributed by atoms with Crippen molar-refractivity contribution in [3.05, 3.63) is 17.7 Å². The summed E-state index contributed by atoms with van der Waals surface area (Å²) in [6.07, 6.45) is 3.68. The molecular weight excluding hydrogens is 316 g/mol. The lowest BCUT2D eigenvalue weighted by molar-refractivity contribution is 0.216. The van der Waals surface area contributed by atoms with Gasteiger partial charge in [-0.25, -0.2) is 0 Å². The minimum absolute atomic E-state index is 0. The predicted octanol–water partition coefficient (Wildman–Crippen LogP) is 2.71. The van der Waals surface area contributed by atoms with Crippen molar-refractivity contribution in [1.29, 1.82) is 0 Å². The molecule has 0 bridgehead atoms. The summed E-state index contributed by atoms with van der Waals surface area (Å²) in [5, 5.41) is 3.46. The van der Waals surface area contributed by atoms with E-state index in [1.54, 1.807) is 21.3 Å². The van der Waals surface area contributed by atoms with Gasteiger partial charge in [-0.2, -0.15) is 0 Å². The van der Waals surface area contributed by atoms with Gasteiger partial charge in [0.05, 0.1) is 21.3 Å². The monoisotopic (exact) mass is 344 g/mol. The molecule has 0 amide bonds. The van der Waals surface area contributed by atoms with Crippen LogP contribution in [0.5, 0.6) is 17.2 Å². The van der Waals surface area contributed by atoms with Crippen molar-refractivity contribution in [2.45, 2.75) is 31.8 Å². The molecule has 23 heavy (non-hydrogen) atoms. The number of hydrogen-bond acceptors (Lipinski definition) is 5. The van der Waals surface area contributed by atoms with Crippen LogP contribution in [0.25, 0.3) is 0 Å². The first-order valence-electron chi connectivity index (χ1n) is 7.89. The Morgan fingerprint density at radius 1 is 1.04 bits per heavy atom. The largest absolute Gasteiger partial charge is 0.493 e. The Balaban J connectivity index is 0.00000264. The normalized spacial score (nSPS) is 18.0. The highest BCUT2D eigenvalue weighted by atomic mass is 35.5. The molecule has 6 heteroatoms. The highest BCUT2D eigenvalue weighted by Gasteiger charge is 2.19. The fourth-order valence-corrected chi connectivity index (χ4v) is 3.09. The molecular formula is C17H29ClN2O3. The van der Waals surface area contributed by atoms with E-state index in [1.165, 1.54) is 24.8 Å². The summed E-state index contributed by atoms with van der Waals surface area (Å²) in [7, 11) is 7.13. The van der Waals surface area contributed by atoms with Gasteiger partial charge < -0.3 is 19.5 Å². The van der Waals surface area contributed by atoms with Gasteiger partial charge in [0, 0.05) is 12.6 Å². The van der Waals surface area contributed by atoms with Crippen molar-refractivity contribution in [3.8, 4) is 17.2 Å². The van der Waals surface area contributed by atoms with Gasteiger partial charge in [0.1, 0.15) is 0 Å². The Labute approximate surface area is 145 Å². The maximum atomic E-state index is 5.43. The molecule has 1 aliphatic rings. The Morgan fingerprint density at radius 3 is 2.26 bits per heavy atom. The molecule has 1 aromatic carbocycles. The van der Waals surface area contributed by atoms with E-state index in [4.69, 9.17) is 14.2 Å². The van der Waals surface area contributed by atoms with E-state index in [2.05, 4.69) is 17.3 Å². The SMILES string of the molecule is COc1cc(CN(C)C2CCCNCC2)cc(OC)c1OC.Cl. The van der Waals surface area contributed by atoms with Crippen molar-refractivity contribution in [2.24, 2.45) is 0 Å². The maximum Gasteiger partial charge on any atom is 0.203 e. The molecule has 2 rings (SSSR count). The summed E-state index contributed by atoms with van der Waals surface area (Å²) in [5.41, 5.74) is 1.18. The lowest BCUT2D eigenvalue weighted by Gasteiger charge is -2.27. The smallest absolute Gasteiger partial charge is 0.203 e. The zero-order valence-corrected chi connectivity index (χ0v) is 15.4. The molecule has 1 saturated heterocycles. The predicted molar refractivity (Wildman–Crippen MR) is 95.3 cm³/mol. The number of hydrogen-bond donors (Lipinski definition) is 1. The molecule has 1 N–H and O–H groups in total. The molecule has 1 aromatic rings. The molecule has 1 aliphatic heterocycles. The molecule has 132 valence electrons. The number of rotatable bonds is 6. The molecule has 0 saturated carbocycles. The van der Waals surface area contributed by atoms with Crippen LogP contribution in [0.15, 0.2) is 12.1 Å².